The number of ether oxygens (including phenoxy) is 1. The maximum absolute atomic E-state index is 12.6. The number of aliphatic hydroxyl groups excluding tert-OH is 1. The molecule has 2 heterocycles. The van der Waals surface area contributed by atoms with Crippen LogP contribution < -0.4 is 15.4 Å². The topological polar surface area (TPSA) is 103 Å². The highest BCUT2D eigenvalue weighted by molar-refractivity contribution is 6.35. The van der Waals surface area contributed by atoms with Crippen LogP contribution in [0.2, 0.25) is 0 Å². The summed E-state index contributed by atoms with van der Waals surface area (Å²) in [5.41, 5.74) is 4.32. The Balaban J connectivity index is 1.65. The number of aliphatic hydroxyl groups is 1. The fraction of sp³-hybridized carbons (Fsp3) is 0.120. The van der Waals surface area contributed by atoms with E-state index in [-0.39, 0.29) is 11.8 Å². The minimum absolute atomic E-state index is 0.167. The number of carbonyl (C=O) groups is 2. The van der Waals surface area contributed by atoms with Crippen LogP contribution in [0.3, 0.4) is 0 Å². The van der Waals surface area contributed by atoms with Crippen LogP contribution in [0.1, 0.15) is 35.4 Å². The van der Waals surface area contributed by atoms with Gasteiger partial charge in [0.2, 0.25) is 5.91 Å². The highest BCUT2D eigenvalue weighted by atomic mass is 16.5. The molecule has 7 nitrogen and oxygen atoms in total. The van der Waals surface area contributed by atoms with Gasteiger partial charge in [-0.05, 0) is 42.0 Å². The van der Waals surface area contributed by atoms with Crippen molar-refractivity contribution < 1.29 is 19.4 Å². The van der Waals surface area contributed by atoms with Crippen LogP contribution in [-0.2, 0) is 9.59 Å². The zero-order chi connectivity index (χ0) is 22.7. The molecule has 0 saturated carbocycles. The third-order valence-corrected chi connectivity index (χ3v) is 4.96. The zero-order valence-electron chi connectivity index (χ0n) is 17.5. The molecule has 4 N–H and O–H groups in total. The predicted octanol–water partition coefficient (Wildman–Crippen LogP) is 3.56. The summed E-state index contributed by atoms with van der Waals surface area (Å²) in [7, 11) is 1.56. The molecular formula is C25H21N3O4. The second-order valence-corrected chi connectivity index (χ2v) is 7.18. The summed E-state index contributed by atoms with van der Waals surface area (Å²) in [6, 6.07) is 14.0. The van der Waals surface area contributed by atoms with Crippen molar-refractivity contribution in [3.63, 3.8) is 0 Å². The molecule has 7 heteroatoms. The molecule has 1 unspecified atom stereocenters. The summed E-state index contributed by atoms with van der Waals surface area (Å²) >= 11 is 0. The molecule has 0 aliphatic carbocycles. The van der Waals surface area contributed by atoms with E-state index in [1.807, 2.05) is 6.07 Å². The van der Waals surface area contributed by atoms with E-state index in [4.69, 9.17) is 4.74 Å². The molecule has 160 valence electrons. The number of amides is 2. The molecule has 32 heavy (non-hydrogen) atoms. The molecule has 0 saturated heterocycles. The Morgan fingerprint density at radius 1 is 1.19 bits per heavy atom. The van der Waals surface area contributed by atoms with Crippen LogP contribution in [-0.4, -0.2) is 29.0 Å². The number of methoxy groups -OCH3 is 1. The van der Waals surface area contributed by atoms with Crippen molar-refractivity contribution in [3.05, 3.63) is 77.1 Å². The van der Waals surface area contributed by atoms with Crippen LogP contribution in [0.15, 0.2) is 54.7 Å². The lowest BCUT2D eigenvalue weighted by Gasteiger charge is -2.07. The van der Waals surface area contributed by atoms with Gasteiger partial charge in [0, 0.05) is 29.9 Å². The van der Waals surface area contributed by atoms with E-state index in [1.165, 1.54) is 6.92 Å². The number of aromatic nitrogens is 1. The van der Waals surface area contributed by atoms with Crippen LogP contribution in [0.25, 0.3) is 11.6 Å². The summed E-state index contributed by atoms with van der Waals surface area (Å²) in [6.07, 6.45) is 2.43. The first-order valence-electron chi connectivity index (χ1n) is 9.91. The van der Waals surface area contributed by atoms with Gasteiger partial charge in [0.15, 0.2) is 0 Å². The smallest absolute Gasteiger partial charge is 0.256 e. The number of nitrogens with one attached hydrogen (secondary N) is 3. The molecule has 2 aromatic carbocycles. The molecule has 0 fully saturated rings. The van der Waals surface area contributed by atoms with E-state index in [0.29, 0.717) is 45.1 Å². The molecule has 1 aromatic heterocycles. The lowest BCUT2D eigenvalue weighted by atomic mass is 9.99. The summed E-state index contributed by atoms with van der Waals surface area (Å²) in [4.78, 5) is 26.8. The average molecular weight is 427 g/mol. The number of rotatable bonds is 4. The molecule has 1 atom stereocenters. The van der Waals surface area contributed by atoms with E-state index in [2.05, 4.69) is 27.5 Å². The second kappa shape index (κ2) is 8.84. The number of fused-ring (bicyclic) bond motifs is 1. The second-order valence-electron chi connectivity index (χ2n) is 7.18. The Morgan fingerprint density at radius 2 is 1.97 bits per heavy atom. The number of hydrogen-bond donors (Lipinski definition) is 4. The van der Waals surface area contributed by atoms with E-state index in [1.54, 1.807) is 61.8 Å². The molecule has 2 amide bonds. The van der Waals surface area contributed by atoms with Crippen molar-refractivity contribution >= 4 is 34.8 Å². The van der Waals surface area contributed by atoms with Crippen LogP contribution in [0.4, 0.5) is 11.4 Å². The highest BCUT2D eigenvalue weighted by Crippen LogP contribution is 2.36. The fourth-order valence-electron chi connectivity index (χ4n) is 3.48. The average Bonchev–Trinajstić information content (AvgIpc) is 3.36. The van der Waals surface area contributed by atoms with Crippen molar-refractivity contribution in [2.24, 2.45) is 0 Å². The van der Waals surface area contributed by atoms with Crippen LogP contribution >= 0.6 is 0 Å². The maximum atomic E-state index is 12.6. The number of hydrogen-bond acceptors (Lipinski definition) is 4. The minimum Gasteiger partial charge on any atom is -0.495 e. The Morgan fingerprint density at radius 3 is 2.69 bits per heavy atom. The van der Waals surface area contributed by atoms with Crippen molar-refractivity contribution in [1.82, 2.24) is 4.98 Å². The van der Waals surface area contributed by atoms with E-state index >= 15 is 0 Å². The number of benzene rings is 2. The van der Waals surface area contributed by atoms with Gasteiger partial charge in [0.1, 0.15) is 11.9 Å². The van der Waals surface area contributed by atoms with E-state index in [9.17, 15) is 14.7 Å². The van der Waals surface area contributed by atoms with Gasteiger partial charge in [-0.25, -0.2) is 0 Å². The molecule has 1 aliphatic heterocycles. The van der Waals surface area contributed by atoms with Crippen molar-refractivity contribution in [1.29, 1.82) is 0 Å². The third kappa shape index (κ3) is 4.26. The minimum atomic E-state index is -1.03. The van der Waals surface area contributed by atoms with Gasteiger partial charge in [-0.15, -0.1) is 0 Å². The van der Waals surface area contributed by atoms with Gasteiger partial charge in [-0.3, -0.25) is 9.59 Å². The summed E-state index contributed by atoms with van der Waals surface area (Å²) in [5, 5.41) is 16.0. The monoisotopic (exact) mass is 427 g/mol. The van der Waals surface area contributed by atoms with Crippen molar-refractivity contribution in [2.45, 2.75) is 13.0 Å². The Kier molecular flexibility index (Phi) is 5.79. The van der Waals surface area contributed by atoms with E-state index < -0.39 is 6.10 Å². The van der Waals surface area contributed by atoms with Gasteiger partial charge in [-0.1, -0.05) is 30.0 Å². The molecule has 3 aromatic rings. The van der Waals surface area contributed by atoms with Gasteiger partial charge in [0.05, 0.1) is 24.1 Å². The molecule has 0 bridgehead atoms. The summed E-state index contributed by atoms with van der Waals surface area (Å²) < 4.78 is 5.31. The lowest BCUT2D eigenvalue weighted by Crippen LogP contribution is -2.05. The number of aromatic amines is 1. The number of carbonyl (C=O) groups excluding carboxylic acids is 2. The molecule has 0 radical (unpaired) electrons. The Hall–Kier alpha value is -4.28. The van der Waals surface area contributed by atoms with Gasteiger partial charge in [-0.2, -0.15) is 0 Å². The summed E-state index contributed by atoms with van der Waals surface area (Å²) in [6.45, 7) is 1.43. The van der Waals surface area contributed by atoms with Gasteiger partial charge in [0.25, 0.3) is 5.91 Å². The quantitative estimate of drug-likeness (QED) is 0.378. The summed E-state index contributed by atoms with van der Waals surface area (Å²) in [5.74, 6) is 6.07. The lowest BCUT2D eigenvalue weighted by molar-refractivity contribution is -0.114. The van der Waals surface area contributed by atoms with Crippen molar-refractivity contribution in [3.8, 4) is 17.6 Å². The first-order chi connectivity index (χ1) is 15.5. The normalized spacial score (nSPS) is 14.2. The first kappa shape index (κ1) is 21.0. The van der Waals surface area contributed by atoms with Crippen LogP contribution in [0, 0.1) is 11.8 Å². The Bertz CT molecular complexity index is 1280. The van der Waals surface area contributed by atoms with E-state index in [0.717, 1.165) is 0 Å². The maximum Gasteiger partial charge on any atom is 0.256 e. The van der Waals surface area contributed by atoms with Gasteiger partial charge >= 0.3 is 0 Å². The number of H-pyrrole nitrogens is 1. The number of anilines is 2. The molecule has 4 rings (SSSR count). The van der Waals surface area contributed by atoms with Gasteiger partial charge < -0.3 is 25.5 Å². The third-order valence-electron chi connectivity index (χ3n) is 4.96. The zero-order valence-corrected chi connectivity index (χ0v) is 17.5. The SMILES string of the molecule is COc1cc[nH]c1/C=C1\C(=O)Nc2cccc(C#CC(O)c3ccc(NC(C)=O)cc3)c21. The van der Waals surface area contributed by atoms with Crippen LogP contribution in [0.5, 0.6) is 5.75 Å². The Labute approximate surface area is 185 Å². The molecular weight excluding hydrogens is 406 g/mol. The largest absolute Gasteiger partial charge is 0.495 e. The standard InChI is InChI=1S/C25H21N3O4/c1-15(29)27-18-9-6-16(7-10-18)22(30)11-8-17-4-3-5-20-24(17)19(25(31)28-20)14-21-23(32-2)12-13-26-21/h3-7,9-10,12-14,22,26,30H,1-2H3,(H,27,29)(H,28,31)/b19-14-. The molecule has 1 aliphatic rings. The highest BCUT2D eigenvalue weighted by Gasteiger charge is 2.27. The first-order valence-corrected chi connectivity index (χ1v) is 9.91. The van der Waals surface area contributed by atoms with Crippen molar-refractivity contribution in [2.75, 3.05) is 17.7 Å². The fourth-order valence-corrected chi connectivity index (χ4v) is 3.48. The predicted molar refractivity (Wildman–Crippen MR) is 123 cm³/mol. The molecule has 0 spiro atoms.